The van der Waals surface area contributed by atoms with Gasteiger partial charge >= 0.3 is 0 Å². The minimum Gasteiger partial charge on any atom is -0.467 e. The summed E-state index contributed by atoms with van der Waals surface area (Å²) < 4.78 is 17.8. The monoisotopic (exact) mass is 276 g/mol. The second kappa shape index (κ2) is 7.45. The molecule has 0 fully saturated rings. The molecule has 0 aliphatic heterocycles. The number of hydrogen-bond acceptors (Lipinski definition) is 3. The average molecular weight is 276 g/mol. The molecule has 4 nitrogen and oxygen atoms in total. The third kappa shape index (κ3) is 4.85. The maximum Gasteiger partial charge on any atom is 0.221 e. The van der Waals surface area contributed by atoms with E-state index in [4.69, 9.17) is 4.42 Å². The van der Waals surface area contributed by atoms with Crippen molar-refractivity contribution in [1.82, 2.24) is 10.6 Å². The Morgan fingerprint density at radius 3 is 2.65 bits per heavy atom. The number of nitrogens with one attached hydrogen (secondary N) is 2. The van der Waals surface area contributed by atoms with E-state index in [-0.39, 0.29) is 11.7 Å². The Morgan fingerprint density at radius 1 is 1.15 bits per heavy atom. The van der Waals surface area contributed by atoms with Crippen LogP contribution in [-0.2, 0) is 17.9 Å². The molecule has 0 aliphatic rings. The van der Waals surface area contributed by atoms with Crippen molar-refractivity contribution < 1.29 is 13.6 Å². The first kappa shape index (κ1) is 14.3. The lowest BCUT2D eigenvalue weighted by atomic mass is 10.2. The molecular formula is C15H17FN2O2. The smallest absolute Gasteiger partial charge is 0.221 e. The van der Waals surface area contributed by atoms with Crippen molar-refractivity contribution in [3.63, 3.8) is 0 Å². The quantitative estimate of drug-likeness (QED) is 0.762. The van der Waals surface area contributed by atoms with Gasteiger partial charge in [0.05, 0.1) is 12.8 Å². The van der Waals surface area contributed by atoms with Gasteiger partial charge < -0.3 is 15.1 Å². The van der Waals surface area contributed by atoms with Gasteiger partial charge in [0.1, 0.15) is 11.6 Å². The highest BCUT2D eigenvalue weighted by Gasteiger charge is 2.02. The molecule has 2 N–H and O–H groups in total. The summed E-state index contributed by atoms with van der Waals surface area (Å²) in [5.41, 5.74) is 0.988. The maximum atomic E-state index is 12.7. The van der Waals surface area contributed by atoms with Gasteiger partial charge in [-0.25, -0.2) is 4.39 Å². The lowest BCUT2D eigenvalue weighted by Gasteiger charge is -2.05. The third-order valence-electron chi connectivity index (χ3n) is 2.81. The Kier molecular flexibility index (Phi) is 5.32. The topological polar surface area (TPSA) is 54.3 Å². The van der Waals surface area contributed by atoms with Crippen LogP contribution in [0.15, 0.2) is 47.1 Å². The number of benzene rings is 1. The molecule has 0 saturated heterocycles. The fourth-order valence-electron chi connectivity index (χ4n) is 1.72. The number of furan rings is 1. The van der Waals surface area contributed by atoms with Crippen LogP contribution >= 0.6 is 0 Å². The maximum absolute atomic E-state index is 12.7. The zero-order valence-electron chi connectivity index (χ0n) is 11.1. The lowest BCUT2D eigenvalue weighted by Crippen LogP contribution is -2.27. The molecule has 1 amide bonds. The van der Waals surface area contributed by atoms with Crippen molar-refractivity contribution in [2.24, 2.45) is 0 Å². The van der Waals surface area contributed by atoms with E-state index in [0.29, 0.717) is 26.1 Å². The van der Waals surface area contributed by atoms with Gasteiger partial charge in [-0.1, -0.05) is 12.1 Å². The molecule has 1 aromatic carbocycles. The highest BCUT2D eigenvalue weighted by molar-refractivity contribution is 5.75. The molecule has 20 heavy (non-hydrogen) atoms. The SMILES string of the molecule is O=C(CCNCc1ccc(F)cc1)NCc1ccco1. The first-order chi connectivity index (χ1) is 9.74. The van der Waals surface area contributed by atoms with E-state index in [2.05, 4.69) is 10.6 Å². The van der Waals surface area contributed by atoms with Gasteiger partial charge in [-0.15, -0.1) is 0 Å². The molecular weight excluding hydrogens is 259 g/mol. The molecule has 0 unspecified atom stereocenters. The lowest BCUT2D eigenvalue weighted by molar-refractivity contribution is -0.121. The van der Waals surface area contributed by atoms with Crippen LogP contribution in [0.5, 0.6) is 0 Å². The summed E-state index contributed by atoms with van der Waals surface area (Å²) in [6, 6.07) is 9.89. The fraction of sp³-hybridized carbons (Fsp3) is 0.267. The Hall–Kier alpha value is -2.14. The Labute approximate surface area is 117 Å². The molecule has 106 valence electrons. The number of halogens is 1. The van der Waals surface area contributed by atoms with Crippen LogP contribution in [0, 0.1) is 5.82 Å². The standard InChI is InChI=1S/C15H17FN2O2/c16-13-5-3-12(4-6-13)10-17-8-7-15(19)18-11-14-2-1-9-20-14/h1-6,9,17H,7-8,10-11H2,(H,18,19). The number of hydrogen-bond donors (Lipinski definition) is 2. The summed E-state index contributed by atoms with van der Waals surface area (Å²) in [6.07, 6.45) is 1.97. The highest BCUT2D eigenvalue weighted by atomic mass is 19.1. The first-order valence-electron chi connectivity index (χ1n) is 6.48. The Morgan fingerprint density at radius 2 is 1.95 bits per heavy atom. The molecule has 1 heterocycles. The molecule has 1 aromatic heterocycles. The van der Waals surface area contributed by atoms with E-state index >= 15 is 0 Å². The van der Waals surface area contributed by atoms with Crippen LogP contribution in [0.4, 0.5) is 4.39 Å². The molecule has 0 aliphatic carbocycles. The van der Waals surface area contributed by atoms with Crippen LogP contribution in [0.25, 0.3) is 0 Å². The Balaban J connectivity index is 1.58. The van der Waals surface area contributed by atoms with Gasteiger partial charge in [0.25, 0.3) is 0 Å². The van der Waals surface area contributed by atoms with Crippen LogP contribution < -0.4 is 10.6 Å². The van der Waals surface area contributed by atoms with Gasteiger partial charge in [-0.3, -0.25) is 4.79 Å². The van der Waals surface area contributed by atoms with Crippen LogP contribution in [0.2, 0.25) is 0 Å². The van der Waals surface area contributed by atoms with Gasteiger partial charge in [0.2, 0.25) is 5.91 Å². The van der Waals surface area contributed by atoms with E-state index in [1.165, 1.54) is 12.1 Å². The zero-order valence-corrected chi connectivity index (χ0v) is 11.1. The zero-order chi connectivity index (χ0) is 14.2. The predicted molar refractivity (Wildman–Crippen MR) is 73.3 cm³/mol. The van der Waals surface area contributed by atoms with E-state index < -0.39 is 0 Å². The van der Waals surface area contributed by atoms with Crippen molar-refractivity contribution in [2.45, 2.75) is 19.5 Å². The molecule has 0 bridgehead atoms. The molecule has 0 spiro atoms. The van der Waals surface area contributed by atoms with Gasteiger partial charge in [-0.2, -0.15) is 0 Å². The second-order valence-electron chi connectivity index (χ2n) is 4.41. The molecule has 0 radical (unpaired) electrons. The summed E-state index contributed by atoms with van der Waals surface area (Å²) in [4.78, 5) is 11.6. The largest absolute Gasteiger partial charge is 0.467 e. The summed E-state index contributed by atoms with van der Waals surface area (Å²) >= 11 is 0. The first-order valence-corrected chi connectivity index (χ1v) is 6.48. The third-order valence-corrected chi connectivity index (χ3v) is 2.81. The number of carbonyl (C=O) groups excluding carboxylic acids is 1. The predicted octanol–water partition coefficient (Wildman–Crippen LogP) is 2.21. The molecule has 5 heteroatoms. The van der Waals surface area contributed by atoms with Crippen LogP contribution in [0.3, 0.4) is 0 Å². The number of carbonyl (C=O) groups is 1. The molecule has 0 atom stereocenters. The van der Waals surface area contributed by atoms with E-state index in [1.807, 2.05) is 6.07 Å². The minimum atomic E-state index is -0.244. The van der Waals surface area contributed by atoms with Gasteiger partial charge in [0.15, 0.2) is 0 Å². The number of amides is 1. The van der Waals surface area contributed by atoms with Crippen molar-refractivity contribution in [2.75, 3.05) is 6.54 Å². The molecule has 2 rings (SSSR count). The fourth-order valence-corrected chi connectivity index (χ4v) is 1.72. The van der Waals surface area contributed by atoms with Crippen molar-refractivity contribution in [3.05, 3.63) is 59.8 Å². The minimum absolute atomic E-state index is 0.0343. The van der Waals surface area contributed by atoms with E-state index in [9.17, 15) is 9.18 Å². The van der Waals surface area contributed by atoms with Crippen LogP contribution in [0.1, 0.15) is 17.7 Å². The molecule has 2 aromatic rings. The van der Waals surface area contributed by atoms with Crippen molar-refractivity contribution >= 4 is 5.91 Å². The summed E-state index contributed by atoms with van der Waals surface area (Å²) in [5.74, 6) is 0.455. The average Bonchev–Trinajstić information content (AvgIpc) is 2.96. The van der Waals surface area contributed by atoms with Gasteiger partial charge in [-0.05, 0) is 29.8 Å². The Bertz CT molecular complexity index is 523. The van der Waals surface area contributed by atoms with E-state index in [1.54, 1.807) is 24.5 Å². The normalized spacial score (nSPS) is 10.4. The summed E-state index contributed by atoms with van der Waals surface area (Å²) in [6.45, 7) is 1.59. The second-order valence-corrected chi connectivity index (χ2v) is 4.41. The highest BCUT2D eigenvalue weighted by Crippen LogP contribution is 2.02. The van der Waals surface area contributed by atoms with Crippen molar-refractivity contribution in [1.29, 1.82) is 0 Å². The van der Waals surface area contributed by atoms with E-state index in [0.717, 1.165) is 11.3 Å². The van der Waals surface area contributed by atoms with Crippen LogP contribution in [-0.4, -0.2) is 12.5 Å². The molecule has 0 saturated carbocycles. The van der Waals surface area contributed by atoms with Crippen molar-refractivity contribution in [3.8, 4) is 0 Å². The summed E-state index contributed by atoms with van der Waals surface area (Å²) in [5, 5.41) is 5.91. The number of rotatable bonds is 7. The summed E-state index contributed by atoms with van der Waals surface area (Å²) in [7, 11) is 0. The van der Waals surface area contributed by atoms with Gasteiger partial charge in [0, 0.05) is 19.5 Å².